The minimum absolute atomic E-state index is 0.0481. The third-order valence-corrected chi connectivity index (χ3v) is 2.94. The summed E-state index contributed by atoms with van der Waals surface area (Å²) >= 11 is 5.63. The molecule has 104 valence electrons. The Labute approximate surface area is 112 Å². The SMILES string of the molecule is Fc1cc(F)c2c(c1)[nH]c1c(Cl)nc(C(F)(F)F)nc12. The monoisotopic (exact) mass is 307 g/mol. The molecule has 0 aliphatic heterocycles. The Morgan fingerprint density at radius 3 is 2.45 bits per heavy atom. The molecule has 0 atom stereocenters. The van der Waals surface area contributed by atoms with E-state index in [0.29, 0.717) is 6.07 Å². The molecule has 0 saturated heterocycles. The lowest BCUT2D eigenvalue weighted by atomic mass is 10.2. The molecule has 2 aromatic heterocycles. The van der Waals surface area contributed by atoms with Crippen molar-refractivity contribution in [1.29, 1.82) is 0 Å². The third-order valence-electron chi connectivity index (χ3n) is 2.67. The number of halogens is 6. The van der Waals surface area contributed by atoms with E-state index < -0.39 is 28.8 Å². The van der Waals surface area contributed by atoms with Crippen LogP contribution < -0.4 is 0 Å². The van der Waals surface area contributed by atoms with Crippen molar-refractivity contribution in [3.8, 4) is 0 Å². The molecule has 0 radical (unpaired) electrons. The Morgan fingerprint density at radius 1 is 1.10 bits per heavy atom. The molecule has 2 heterocycles. The zero-order valence-corrected chi connectivity index (χ0v) is 10.1. The maximum atomic E-state index is 13.7. The van der Waals surface area contributed by atoms with Crippen molar-refractivity contribution in [2.75, 3.05) is 0 Å². The first-order chi connectivity index (χ1) is 9.27. The number of aromatic amines is 1. The molecule has 9 heteroatoms. The first-order valence-corrected chi connectivity index (χ1v) is 5.56. The van der Waals surface area contributed by atoms with Crippen molar-refractivity contribution < 1.29 is 22.0 Å². The van der Waals surface area contributed by atoms with E-state index in [1.807, 2.05) is 0 Å². The van der Waals surface area contributed by atoms with Crippen LogP contribution in [0.3, 0.4) is 0 Å². The summed E-state index contributed by atoms with van der Waals surface area (Å²) in [7, 11) is 0. The second-order valence-corrected chi connectivity index (χ2v) is 4.35. The van der Waals surface area contributed by atoms with Gasteiger partial charge in [0.15, 0.2) is 5.15 Å². The summed E-state index contributed by atoms with van der Waals surface area (Å²) < 4.78 is 64.7. The van der Waals surface area contributed by atoms with Crippen LogP contribution in [0.15, 0.2) is 12.1 Å². The van der Waals surface area contributed by atoms with E-state index in [4.69, 9.17) is 11.6 Å². The highest BCUT2D eigenvalue weighted by atomic mass is 35.5. The molecule has 20 heavy (non-hydrogen) atoms. The molecule has 1 aromatic carbocycles. The van der Waals surface area contributed by atoms with Crippen LogP contribution in [0.4, 0.5) is 22.0 Å². The molecule has 0 spiro atoms. The number of hydrogen-bond donors (Lipinski definition) is 1. The Morgan fingerprint density at radius 2 is 1.80 bits per heavy atom. The van der Waals surface area contributed by atoms with E-state index >= 15 is 0 Å². The van der Waals surface area contributed by atoms with Crippen molar-refractivity contribution >= 4 is 33.5 Å². The van der Waals surface area contributed by atoms with Gasteiger partial charge < -0.3 is 4.98 Å². The number of nitrogens with zero attached hydrogens (tertiary/aromatic N) is 2. The summed E-state index contributed by atoms with van der Waals surface area (Å²) in [6, 6.07) is 1.49. The van der Waals surface area contributed by atoms with Crippen molar-refractivity contribution in [1.82, 2.24) is 15.0 Å². The molecule has 3 aromatic rings. The quantitative estimate of drug-likeness (QED) is 0.502. The Hall–Kier alpha value is -1.96. The van der Waals surface area contributed by atoms with Crippen molar-refractivity contribution in [2.24, 2.45) is 0 Å². The van der Waals surface area contributed by atoms with Crippen LogP contribution in [-0.2, 0) is 6.18 Å². The molecule has 1 N–H and O–H groups in total. The lowest BCUT2D eigenvalue weighted by molar-refractivity contribution is -0.144. The van der Waals surface area contributed by atoms with Crippen molar-refractivity contribution in [3.05, 3.63) is 34.7 Å². The largest absolute Gasteiger partial charge is 0.451 e. The van der Waals surface area contributed by atoms with Gasteiger partial charge in [-0.05, 0) is 6.07 Å². The van der Waals surface area contributed by atoms with E-state index in [1.165, 1.54) is 0 Å². The van der Waals surface area contributed by atoms with E-state index in [-0.39, 0.29) is 21.9 Å². The van der Waals surface area contributed by atoms with Crippen LogP contribution in [0.5, 0.6) is 0 Å². The number of hydrogen-bond acceptors (Lipinski definition) is 2. The molecule has 3 rings (SSSR count). The topological polar surface area (TPSA) is 41.6 Å². The van der Waals surface area contributed by atoms with Crippen LogP contribution in [0, 0.1) is 11.6 Å². The van der Waals surface area contributed by atoms with E-state index in [0.717, 1.165) is 6.07 Å². The fourth-order valence-corrected chi connectivity index (χ4v) is 2.12. The normalized spacial score (nSPS) is 12.5. The molecule has 0 aliphatic rings. The van der Waals surface area contributed by atoms with Crippen molar-refractivity contribution in [2.45, 2.75) is 6.18 Å². The summed E-state index contributed by atoms with van der Waals surface area (Å²) in [6.07, 6.45) is -4.82. The summed E-state index contributed by atoms with van der Waals surface area (Å²) in [5.41, 5.74) is -0.475. The van der Waals surface area contributed by atoms with Gasteiger partial charge >= 0.3 is 6.18 Å². The second kappa shape index (κ2) is 4.02. The first kappa shape index (κ1) is 13.0. The van der Waals surface area contributed by atoms with E-state index in [1.54, 1.807) is 0 Å². The molecule has 0 amide bonds. The molecule has 0 saturated carbocycles. The fraction of sp³-hybridized carbons (Fsp3) is 0.0909. The zero-order valence-electron chi connectivity index (χ0n) is 9.32. The lowest BCUT2D eigenvalue weighted by Crippen LogP contribution is -2.11. The highest BCUT2D eigenvalue weighted by molar-refractivity contribution is 6.34. The fourth-order valence-electron chi connectivity index (χ4n) is 1.90. The van der Waals surface area contributed by atoms with Gasteiger partial charge in [0.25, 0.3) is 0 Å². The van der Waals surface area contributed by atoms with Crippen LogP contribution in [0.25, 0.3) is 21.9 Å². The van der Waals surface area contributed by atoms with Gasteiger partial charge in [0.05, 0.1) is 10.9 Å². The number of fused-ring (bicyclic) bond motifs is 3. The van der Waals surface area contributed by atoms with Gasteiger partial charge in [-0.1, -0.05) is 11.6 Å². The highest BCUT2D eigenvalue weighted by Gasteiger charge is 2.36. The maximum Gasteiger partial charge on any atom is 0.451 e. The molecule has 0 bridgehead atoms. The Kier molecular flexibility index (Phi) is 2.62. The number of nitrogens with one attached hydrogen (secondary N) is 1. The van der Waals surface area contributed by atoms with Gasteiger partial charge in [-0.25, -0.2) is 18.7 Å². The number of aromatic nitrogens is 3. The van der Waals surface area contributed by atoms with Gasteiger partial charge in [0.2, 0.25) is 5.82 Å². The number of benzene rings is 1. The summed E-state index contributed by atoms with van der Waals surface area (Å²) in [6.45, 7) is 0. The average Bonchev–Trinajstić information content (AvgIpc) is 2.66. The van der Waals surface area contributed by atoms with Gasteiger partial charge in [-0.2, -0.15) is 13.2 Å². The third kappa shape index (κ3) is 1.87. The minimum Gasteiger partial charge on any atom is -0.350 e. The molecule has 3 nitrogen and oxygen atoms in total. The number of H-pyrrole nitrogens is 1. The van der Waals surface area contributed by atoms with Gasteiger partial charge in [-0.3, -0.25) is 0 Å². The van der Waals surface area contributed by atoms with Gasteiger partial charge in [-0.15, -0.1) is 0 Å². The van der Waals surface area contributed by atoms with Crippen LogP contribution in [0.1, 0.15) is 5.82 Å². The van der Waals surface area contributed by atoms with Crippen LogP contribution >= 0.6 is 11.6 Å². The predicted molar refractivity (Wildman–Crippen MR) is 61.3 cm³/mol. The Bertz CT molecular complexity index is 840. The summed E-state index contributed by atoms with van der Waals surface area (Å²) in [5, 5.41) is -0.783. The first-order valence-electron chi connectivity index (χ1n) is 5.18. The Balaban J connectivity index is 2.48. The minimum atomic E-state index is -4.82. The smallest absolute Gasteiger partial charge is 0.350 e. The molecule has 0 aliphatic carbocycles. The standard InChI is InChI=1S/C11H3ClF5N3/c12-9-8-7(19-10(20-9)11(15,16)17)6-4(14)1-3(13)2-5(6)18-8/h1-2,18H. The summed E-state index contributed by atoms with van der Waals surface area (Å²) in [5.74, 6) is -3.39. The lowest BCUT2D eigenvalue weighted by Gasteiger charge is -2.05. The predicted octanol–water partition coefficient (Wildman–Crippen LogP) is 4.06. The highest BCUT2D eigenvalue weighted by Crippen LogP contribution is 2.34. The average molecular weight is 308 g/mol. The zero-order chi connectivity index (χ0) is 14.7. The maximum absolute atomic E-state index is 13.7. The molecular formula is C11H3ClF5N3. The van der Waals surface area contributed by atoms with Gasteiger partial charge in [0, 0.05) is 6.07 Å². The van der Waals surface area contributed by atoms with Crippen molar-refractivity contribution in [3.63, 3.8) is 0 Å². The van der Waals surface area contributed by atoms with Gasteiger partial charge in [0.1, 0.15) is 22.7 Å². The van der Waals surface area contributed by atoms with Crippen LogP contribution in [0.2, 0.25) is 5.15 Å². The number of rotatable bonds is 0. The molecular weight excluding hydrogens is 305 g/mol. The number of alkyl halides is 3. The van der Waals surface area contributed by atoms with E-state index in [9.17, 15) is 22.0 Å². The van der Waals surface area contributed by atoms with E-state index in [2.05, 4.69) is 15.0 Å². The summed E-state index contributed by atoms with van der Waals surface area (Å²) in [4.78, 5) is 8.88. The second-order valence-electron chi connectivity index (χ2n) is 3.99. The molecule has 0 fully saturated rings. The van der Waals surface area contributed by atoms with Crippen LogP contribution in [-0.4, -0.2) is 15.0 Å². The molecule has 0 unspecified atom stereocenters.